The number of carbonyl (C=O) groups excluding carboxylic acids is 1. The van der Waals surface area contributed by atoms with E-state index in [0.29, 0.717) is 12.1 Å². The summed E-state index contributed by atoms with van der Waals surface area (Å²) in [7, 11) is 0. The van der Waals surface area contributed by atoms with Gasteiger partial charge in [-0.1, -0.05) is 12.1 Å². The number of amides is 1. The van der Waals surface area contributed by atoms with Gasteiger partial charge >= 0.3 is 0 Å². The van der Waals surface area contributed by atoms with Crippen molar-refractivity contribution in [2.24, 2.45) is 0 Å². The Balaban J connectivity index is 1.26. The number of aromatic nitrogens is 2. The molecule has 0 bridgehead atoms. The minimum atomic E-state index is -0.124. The molecule has 2 aromatic heterocycles. The van der Waals surface area contributed by atoms with Crippen LogP contribution in [0, 0.1) is 6.92 Å². The molecule has 1 N–H and O–H groups in total. The Morgan fingerprint density at radius 2 is 2.07 bits per heavy atom. The van der Waals surface area contributed by atoms with E-state index in [1.165, 1.54) is 4.88 Å². The van der Waals surface area contributed by atoms with Gasteiger partial charge < -0.3 is 10.1 Å². The summed E-state index contributed by atoms with van der Waals surface area (Å²) in [5, 5.41) is 4.03. The van der Waals surface area contributed by atoms with Crippen LogP contribution in [0.15, 0.2) is 54.9 Å². The molecule has 1 aliphatic heterocycles. The summed E-state index contributed by atoms with van der Waals surface area (Å²) in [4.78, 5) is 24.8. The number of thiazole rings is 1. The van der Waals surface area contributed by atoms with Crippen molar-refractivity contribution in [3.05, 3.63) is 76.0 Å². The van der Waals surface area contributed by atoms with Gasteiger partial charge in [0.05, 0.1) is 17.2 Å². The predicted octanol–water partition coefficient (Wildman–Crippen LogP) is 3.82. The first kappa shape index (κ1) is 20.5. The number of nitrogens with zero attached hydrogens (tertiary/aromatic N) is 3. The van der Waals surface area contributed by atoms with Gasteiger partial charge in [-0.05, 0) is 50.1 Å². The Bertz CT molecular complexity index is 968. The minimum Gasteiger partial charge on any atom is -0.490 e. The molecular weight excluding hydrogens is 396 g/mol. The maximum Gasteiger partial charge on any atom is 0.251 e. The number of rotatable bonds is 7. The lowest BCUT2D eigenvalue weighted by Gasteiger charge is -2.31. The molecule has 156 valence electrons. The molecular formula is C23H26N4O2S. The Morgan fingerprint density at radius 1 is 1.20 bits per heavy atom. The van der Waals surface area contributed by atoms with E-state index in [9.17, 15) is 4.79 Å². The van der Waals surface area contributed by atoms with Gasteiger partial charge in [0.15, 0.2) is 0 Å². The third kappa shape index (κ3) is 5.64. The molecule has 1 aromatic carbocycles. The van der Waals surface area contributed by atoms with Crippen LogP contribution in [0.4, 0.5) is 0 Å². The highest BCUT2D eigenvalue weighted by atomic mass is 32.1. The van der Waals surface area contributed by atoms with E-state index in [-0.39, 0.29) is 12.0 Å². The number of hydrogen-bond donors (Lipinski definition) is 1. The molecule has 0 saturated carbocycles. The molecule has 6 nitrogen and oxygen atoms in total. The van der Waals surface area contributed by atoms with E-state index in [1.807, 2.05) is 49.5 Å². The van der Waals surface area contributed by atoms with Crippen molar-refractivity contribution in [1.29, 1.82) is 0 Å². The molecule has 7 heteroatoms. The Labute approximate surface area is 180 Å². The van der Waals surface area contributed by atoms with Gasteiger partial charge in [-0.15, -0.1) is 11.3 Å². The average Bonchev–Trinajstić information content (AvgIpc) is 3.19. The van der Waals surface area contributed by atoms with Crippen molar-refractivity contribution in [1.82, 2.24) is 20.2 Å². The van der Waals surface area contributed by atoms with Crippen LogP contribution in [0.5, 0.6) is 5.75 Å². The SMILES string of the molecule is Cc1ncc(CN2CCC(Oc3cccc(C(=O)NCc4ccccn4)c3)CC2)s1. The molecule has 3 aromatic rings. The van der Waals surface area contributed by atoms with E-state index in [2.05, 4.69) is 20.2 Å². The molecule has 0 aliphatic carbocycles. The van der Waals surface area contributed by atoms with Crippen molar-refractivity contribution < 1.29 is 9.53 Å². The lowest BCUT2D eigenvalue weighted by atomic mass is 10.1. The Morgan fingerprint density at radius 3 is 2.80 bits per heavy atom. The predicted molar refractivity (Wildman–Crippen MR) is 118 cm³/mol. The summed E-state index contributed by atoms with van der Waals surface area (Å²) in [6.07, 6.45) is 5.84. The number of aryl methyl sites for hydroxylation is 1. The fourth-order valence-electron chi connectivity index (χ4n) is 3.56. The highest BCUT2D eigenvalue weighted by molar-refractivity contribution is 7.11. The first-order valence-electron chi connectivity index (χ1n) is 10.2. The van der Waals surface area contributed by atoms with Crippen molar-refractivity contribution >= 4 is 17.2 Å². The first-order chi connectivity index (χ1) is 14.7. The summed E-state index contributed by atoms with van der Waals surface area (Å²) < 4.78 is 6.18. The average molecular weight is 423 g/mol. The van der Waals surface area contributed by atoms with Gasteiger partial charge in [-0.2, -0.15) is 0 Å². The van der Waals surface area contributed by atoms with Gasteiger partial charge in [-0.25, -0.2) is 4.98 Å². The summed E-state index contributed by atoms with van der Waals surface area (Å²) in [6, 6.07) is 13.1. The van der Waals surface area contributed by atoms with E-state index in [0.717, 1.165) is 48.9 Å². The minimum absolute atomic E-state index is 0.124. The number of likely N-dealkylation sites (tertiary alicyclic amines) is 1. The zero-order valence-electron chi connectivity index (χ0n) is 17.1. The maximum absolute atomic E-state index is 12.5. The summed E-state index contributed by atoms with van der Waals surface area (Å²) in [5.74, 6) is 0.623. The van der Waals surface area contributed by atoms with Crippen molar-refractivity contribution in [2.45, 2.75) is 39.0 Å². The van der Waals surface area contributed by atoms with Crippen molar-refractivity contribution in [3.63, 3.8) is 0 Å². The topological polar surface area (TPSA) is 67.4 Å². The van der Waals surface area contributed by atoms with Crippen LogP contribution in [-0.2, 0) is 13.1 Å². The molecule has 1 amide bonds. The van der Waals surface area contributed by atoms with Crippen LogP contribution in [0.2, 0.25) is 0 Å². The second-order valence-corrected chi connectivity index (χ2v) is 8.79. The normalized spacial score (nSPS) is 15.1. The monoisotopic (exact) mass is 422 g/mol. The molecule has 3 heterocycles. The summed E-state index contributed by atoms with van der Waals surface area (Å²) in [5.41, 5.74) is 1.43. The molecule has 1 aliphatic rings. The molecule has 4 rings (SSSR count). The largest absolute Gasteiger partial charge is 0.490 e. The Kier molecular flexibility index (Phi) is 6.71. The lowest BCUT2D eigenvalue weighted by molar-refractivity contribution is 0.0936. The summed E-state index contributed by atoms with van der Waals surface area (Å²) >= 11 is 1.77. The molecule has 1 saturated heterocycles. The second kappa shape index (κ2) is 9.82. The first-order valence-corrected chi connectivity index (χ1v) is 11.1. The van der Waals surface area contributed by atoms with E-state index in [4.69, 9.17) is 4.74 Å². The number of benzene rings is 1. The maximum atomic E-state index is 12.5. The van der Waals surface area contributed by atoms with Crippen LogP contribution in [0.25, 0.3) is 0 Å². The van der Waals surface area contributed by atoms with Gasteiger partial charge in [0, 0.05) is 42.5 Å². The number of hydrogen-bond acceptors (Lipinski definition) is 6. The smallest absolute Gasteiger partial charge is 0.251 e. The lowest BCUT2D eigenvalue weighted by Crippen LogP contribution is -2.37. The van der Waals surface area contributed by atoms with Crippen LogP contribution in [-0.4, -0.2) is 40.0 Å². The number of piperidine rings is 1. The van der Waals surface area contributed by atoms with Crippen molar-refractivity contribution in [3.8, 4) is 5.75 Å². The standard InChI is InChI=1S/C23H26N4O2S/c1-17-25-15-22(30-17)16-27-11-8-20(9-12-27)29-21-7-4-5-18(13-21)23(28)26-14-19-6-2-3-10-24-19/h2-7,10,13,15,20H,8-9,11-12,14,16H2,1H3,(H,26,28). The molecule has 1 fully saturated rings. The molecule has 0 atom stereocenters. The third-order valence-electron chi connectivity index (χ3n) is 5.14. The zero-order chi connectivity index (χ0) is 20.8. The zero-order valence-corrected chi connectivity index (χ0v) is 17.9. The van der Waals surface area contributed by atoms with Crippen molar-refractivity contribution in [2.75, 3.05) is 13.1 Å². The summed E-state index contributed by atoms with van der Waals surface area (Å²) in [6.45, 7) is 5.42. The van der Waals surface area contributed by atoms with Crippen LogP contribution in [0.3, 0.4) is 0 Å². The van der Waals surface area contributed by atoms with Gasteiger partial charge in [0.1, 0.15) is 11.9 Å². The number of pyridine rings is 1. The molecule has 30 heavy (non-hydrogen) atoms. The second-order valence-electron chi connectivity index (χ2n) is 7.47. The van der Waals surface area contributed by atoms with E-state index in [1.54, 1.807) is 23.6 Å². The van der Waals surface area contributed by atoms with Gasteiger partial charge in [-0.3, -0.25) is 14.7 Å². The molecule has 0 spiro atoms. The van der Waals surface area contributed by atoms with Gasteiger partial charge in [0.25, 0.3) is 5.91 Å². The highest BCUT2D eigenvalue weighted by Crippen LogP contribution is 2.22. The van der Waals surface area contributed by atoms with Crippen LogP contribution in [0.1, 0.15) is 38.8 Å². The quantitative estimate of drug-likeness (QED) is 0.627. The fourth-order valence-corrected chi connectivity index (χ4v) is 4.40. The third-order valence-corrected chi connectivity index (χ3v) is 6.04. The van der Waals surface area contributed by atoms with Crippen LogP contribution >= 0.6 is 11.3 Å². The number of carbonyl (C=O) groups is 1. The number of nitrogens with one attached hydrogen (secondary N) is 1. The fraction of sp³-hybridized carbons (Fsp3) is 0.348. The van der Waals surface area contributed by atoms with Gasteiger partial charge in [0.2, 0.25) is 0 Å². The number of ether oxygens (including phenoxy) is 1. The van der Waals surface area contributed by atoms with E-state index < -0.39 is 0 Å². The molecule has 0 unspecified atom stereocenters. The van der Waals surface area contributed by atoms with Crippen LogP contribution < -0.4 is 10.1 Å². The molecule has 0 radical (unpaired) electrons. The Hall–Kier alpha value is -2.77. The van der Waals surface area contributed by atoms with E-state index >= 15 is 0 Å². The highest BCUT2D eigenvalue weighted by Gasteiger charge is 2.21.